The van der Waals surface area contributed by atoms with Crippen LogP contribution in [0.4, 0.5) is 0 Å². The number of imidazole rings is 1. The second-order valence-electron chi connectivity index (χ2n) is 5.13. The number of aromatic amines is 1. The average Bonchev–Trinajstić information content (AvgIpc) is 3.08. The Morgan fingerprint density at radius 2 is 2.39 bits per heavy atom. The molecule has 1 aliphatic rings. The second-order valence-corrected chi connectivity index (χ2v) is 5.52. The molecule has 2 aromatic rings. The molecular formula is C13H17N3OS. The smallest absolute Gasteiger partial charge is 0.179 e. The maximum atomic E-state index is 5.40. The first kappa shape index (κ1) is 11.9. The van der Waals surface area contributed by atoms with E-state index in [-0.39, 0.29) is 0 Å². The number of methoxy groups -OCH3 is 1. The Bertz CT molecular complexity index is 612. The van der Waals surface area contributed by atoms with Crippen molar-refractivity contribution >= 4 is 23.4 Å². The molecule has 5 heteroatoms. The van der Waals surface area contributed by atoms with Crippen LogP contribution in [0, 0.1) is 10.2 Å². The fourth-order valence-corrected chi connectivity index (χ4v) is 2.71. The van der Waals surface area contributed by atoms with E-state index in [1.807, 2.05) is 18.3 Å². The van der Waals surface area contributed by atoms with Crippen LogP contribution in [0.25, 0.3) is 11.2 Å². The quantitative estimate of drug-likeness (QED) is 0.843. The highest BCUT2D eigenvalue weighted by Gasteiger charge is 2.42. The van der Waals surface area contributed by atoms with Crippen LogP contribution in [0.1, 0.15) is 19.3 Å². The summed E-state index contributed by atoms with van der Waals surface area (Å²) in [6.45, 7) is 1.77. The van der Waals surface area contributed by atoms with Gasteiger partial charge in [-0.2, -0.15) is 0 Å². The molecule has 0 aliphatic heterocycles. The fraction of sp³-hybridized carbons (Fsp3) is 0.538. The molecule has 0 atom stereocenters. The standard InChI is InChI=1S/C13H17N3OS/c1-17-8-6-13(4-5-13)9-16-11-10(15-12(16)18)3-2-7-14-11/h2-3,7H,4-6,8-9H2,1H3,(H,15,18). The minimum Gasteiger partial charge on any atom is -0.385 e. The summed E-state index contributed by atoms with van der Waals surface area (Å²) < 4.78 is 8.10. The fourth-order valence-electron chi connectivity index (χ4n) is 2.45. The van der Waals surface area contributed by atoms with Crippen LogP contribution in [0.2, 0.25) is 0 Å². The summed E-state index contributed by atoms with van der Waals surface area (Å²) in [6.07, 6.45) is 5.44. The van der Waals surface area contributed by atoms with Crippen molar-refractivity contribution in [1.82, 2.24) is 14.5 Å². The molecule has 0 bridgehead atoms. The molecule has 0 spiro atoms. The molecule has 0 saturated heterocycles. The van der Waals surface area contributed by atoms with Crippen molar-refractivity contribution in [3.63, 3.8) is 0 Å². The number of rotatable bonds is 5. The van der Waals surface area contributed by atoms with Gasteiger partial charge in [-0.3, -0.25) is 0 Å². The number of hydrogen-bond donors (Lipinski definition) is 1. The molecule has 0 radical (unpaired) electrons. The highest BCUT2D eigenvalue weighted by Crippen LogP contribution is 2.50. The van der Waals surface area contributed by atoms with E-state index >= 15 is 0 Å². The van der Waals surface area contributed by atoms with E-state index in [1.54, 1.807) is 7.11 Å². The Labute approximate surface area is 111 Å². The maximum absolute atomic E-state index is 5.40. The highest BCUT2D eigenvalue weighted by atomic mass is 32.1. The first-order valence-corrected chi connectivity index (χ1v) is 6.67. The summed E-state index contributed by atoms with van der Waals surface area (Å²) >= 11 is 5.40. The van der Waals surface area contributed by atoms with Gasteiger partial charge in [0.05, 0.1) is 5.52 Å². The van der Waals surface area contributed by atoms with Gasteiger partial charge in [-0.1, -0.05) is 0 Å². The van der Waals surface area contributed by atoms with Gasteiger partial charge in [0.2, 0.25) is 0 Å². The van der Waals surface area contributed by atoms with Crippen LogP contribution in [-0.2, 0) is 11.3 Å². The lowest BCUT2D eigenvalue weighted by molar-refractivity contribution is 0.167. The monoisotopic (exact) mass is 263 g/mol. The van der Waals surface area contributed by atoms with Gasteiger partial charge >= 0.3 is 0 Å². The van der Waals surface area contributed by atoms with E-state index in [0.29, 0.717) is 5.41 Å². The molecular weight excluding hydrogens is 246 g/mol. The molecule has 3 rings (SSSR count). The lowest BCUT2D eigenvalue weighted by Crippen LogP contribution is -2.14. The van der Waals surface area contributed by atoms with Gasteiger partial charge in [0.15, 0.2) is 10.4 Å². The number of ether oxygens (including phenoxy) is 1. The lowest BCUT2D eigenvalue weighted by Gasteiger charge is -2.15. The number of aromatic nitrogens is 3. The molecule has 1 N–H and O–H groups in total. The summed E-state index contributed by atoms with van der Waals surface area (Å²) in [5.41, 5.74) is 2.36. The minimum atomic E-state index is 0.376. The molecule has 1 fully saturated rings. The summed E-state index contributed by atoms with van der Waals surface area (Å²) in [6, 6.07) is 3.94. The molecule has 0 amide bonds. The highest BCUT2D eigenvalue weighted by molar-refractivity contribution is 7.71. The van der Waals surface area contributed by atoms with E-state index < -0.39 is 0 Å². The predicted molar refractivity (Wildman–Crippen MR) is 73.1 cm³/mol. The third-order valence-corrected chi connectivity index (χ3v) is 4.14. The lowest BCUT2D eigenvalue weighted by atomic mass is 10.0. The predicted octanol–water partition coefficient (Wildman–Crippen LogP) is 2.91. The van der Waals surface area contributed by atoms with Gasteiger partial charge in [0.25, 0.3) is 0 Å². The first-order valence-electron chi connectivity index (χ1n) is 6.27. The zero-order valence-electron chi connectivity index (χ0n) is 10.5. The van der Waals surface area contributed by atoms with Gasteiger partial charge in [0.1, 0.15) is 0 Å². The number of fused-ring (bicyclic) bond motifs is 1. The molecule has 96 valence electrons. The number of hydrogen-bond acceptors (Lipinski definition) is 3. The first-order chi connectivity index (χ1) is 8.74. The third-order valence-electron chi connectivity index (χ3n) is 3.82. The van der Waals surface area contributed by atoms with Crippen molar-refractivity contribution in [1.29, 1.82) is 0 Å². The number of pyridine rings is 1. The van der Waals surface area contributed by atoms with Crippen molar-refractivity contribution < 1.29 is 4.74 Å². The van der Waals surface area contributed by atoms with E-state index in [2.05, 4.69) is 14.5 Å². The molecule has 2 heterocycles. The third kappa shape index (κ3) is 2.08. The summed E-state index contributed by atoms with van der Waals surface area (Å²) in [5.74, 6) is 0. The second kappa shape index (κ2) is 4.48. The van der Waals surface area contributed by atoms with Crippen molar-refractivity contribution in [3.05, 3.63) is 23.1 Å². The largest absolute Gasteiger partial charge is 0.385 e. The molecule has 0 aromatic carbocycles. The Kier molecular flexibility index (Phi) is 2.95. The van der Waals surface area contributed by atoms with Crippen molar-refractivity contribution in [2.75, 3.05) is 13.7 Å². The Balaban J connectivity index is 1.91. The van der Waals surface area contributed by atoms with Crippen molar-refractivity contribution in [2.24, 2.45) is 5.41 Å². The van der Waals surface area contributed by atoms with E-state index in [1.165, 1.54) is 12.8 Å². The van der Waals surface area contributed by atoms with Crippen LogP contribution in [-0.4, -0.2) is 28.3 Å². The molecule has 18 heavy (non-hydrogen) atoms. The van der Waals surface area contributed by atoms with Crippen LogP contribution in [0.5, 0.6) is 0 Å². The van der Waals surface area contributed by atoms with Gasteiger partial charge in [0, 0.05) is 26.5 Å². The average molecular weight is 263 g/mol. The zero-order valence-corrected chi connectivity index (χ0v) is 11.3. The molecule has 2 aromatic heterocycles. The summed E-state index contributed by atoms with van der Waals surface area (Å²) in [5, 5.41) is 0. The SMILES string of the molecule is COCCC1(Cn2c(=S)[nH]c3cccnc32)CC1. The molecule has 1 saturated carbocycles. The van der Waals surface area contributed by atoms with Crippen molar-refractivity contribution in [3.8, 4) is 0 Å². The Morgan fingerprint density at radius 1 is 1.56 bits per heavy atom. The summed E-state index contributed by atoms with van der Waals surface area (Å²) in [4.78, 5) is 7.65. The van der Waals surface area contributed by atoms with Gasteiger partial charge < -0.3 is 14.3 Å². The molecule has 4 nitrogen and oxygen atoms in total. The zero-order chi connectivity index (χ0) is 12.6. The van der Waals surface area contributed by atoms with Gasteiger partial charge in [-0.25, -0.2) is 4.98 Å². The Morgan fingerprint density at radius 3 is 3.11 bits per heavy atom. The maximum Gasteiger partial charge on any atom is 0.179 e. The van der Waals surface area contributed by atoms with Crippen LogP contribution < -0.4 is 0 Å². The Hall–Kier alpha value is -1.20. The molecule has 1 aliphatic carbocycles. The number of nitrogens with zero attached hydrogens (tertiary/aromatic N) is 2. The topological polar surface area (TPSA) is 42.8 Å². The van der Waals surface area contributed by atoms with Crippen LogP contribution in [0.15, 0.2) is 18.3 Å². The van der Waals surface area contributed by atoms with E-state index in [0.717, 1.165) is 35.5 Å². The van der Waals surface area contributed by atoms with E-state index in [4.69, 9.17) is 17.0 Å². The summed E-state index contributed by atoms with van der Waals surface area (Å²) in [7, 11) is 1.76. The number of H-pyrrole nitrogens is 1. The molecule has 0 unspecified atom stereocenters. The van der Waals surface area contributed by atoms with Crippen molar-refractivity contribution in [2.45, 2.75) is 25.8 Å². The number of nitrogens with one attached hydrogen (secondary N) is 1. The van der Waals surface area contributed by atoms with Gasteiger partial charge in [-0.15, -0.1) is 0 Å². The van der Waals surface area contributed by atoms with E-state index in [9.17, 15) is 0 Å². The minimum absolute atomic E-state index is 0.376. The van der Waals surface area contributed by atoms with Crippen LogP contribution >= 0.6 is 12.2 Å². The van der Waals surface area contributed by atoms with Crippen LogP contribution in [0.3, 0.4) is 0 Å². The normalized spacial score (nSPS) is 17.2. The van der Waals surface area contributed by atoms with Gasteiger partial charge in [-0.05, 0) is 49.0 Å².